The molecule has 0 aliphatic heterocycles. The Balaban J connectivity index is 2.06. The van der Waals surface area contributed by atoms with Gasteiger partial charge in [-0.3, -0.25) is 4.98 Å². The van der Waals surface area contributed by atoms with E-state index in [1.54, 1.807) is 18.3 Å². The molecule has 2 rings (SSSR count). The number of likely N-dealkylation sites (N-methyl/N-ethyl adjacent to an activating group) is 1. The predicted octanol–water partition coefficient (Wildman–Crippen LogP) is 2.96. The van der Waals surface area contributed by atoms with Gasteiger partial charge in [-0.05, 0) is 31.5 Å². The van der Waals surface area contributed by atoms with Crippen LogP contribution in [-0.4, -0.2) is 28.2 Å². The third-order valence-corrected chi connectivity index (χ3v) is 3.23. The molecular formula is C14H19ClN4O. The zero-order chi connectivity index (χ0) is 14.5. The molecule has 2 aromatic heterocycles. The SMILES string of the molecule is CNC(Cc1nc(-c2ccc(Cl)cn2)no1)CC(C)C. The van der Waals surface area contributed by atoms with E-state index in [0.717, 1.165) is 12.8 Å². The fourth-order valence-corrected chi connectivity index (χ4v) is 2.14. The molecular weight excluding hydrogens is 276 g/mol. The summed E-state index contributed by atoms with van der Waals surface area (Å²) in [5.41, 5.74) is 0.661. The van der Waals surface area contributed by atoms with Crippen LogP contribution in [0.2, 0.25) is 5.02 Å². The lowest BCUT2D eigenvalue weighted by Gasteiger charge is -2.15. The molecule has 0 fully saturated rings. The summed E-state index contributed by atoms with van der Waals surface area (Å²) >= 11 is 5.81. The van der Waals surface area contributed by atoms with E-state index in [-0.39, 0.29) is 0 Å². The van der Waals surface area contributed by atoms with Gasteiger partial charge in [0.15, 0.2) is 0 Å². The average molecular weight is 295 g/mol. The van der Waals surface area contributed by atoms with Crippen molar-refractivity contribution in [2.75, 3.05) is 7.05 Å². The van der Waals surface area contributed by atoms with Gasteiger partial charge < -0.3 is 9.84 Å². The van der Waals surface area contributed by atoms with Gasteiger partial charge in [-0.25, -0.2) is 0 Å². The van der Waals surface area contributed by atoms with Gasteiger partial charge in [0.1, 0.15) is 5.69 Å². The zero-order valence-corrected chi connectivity index (χ0v) is 12.7. The topological polar surface area (TPSA) is 63.8 Å². The summed E-state index contributed by atoms with van der Waals surface area (Å²) in [5, 5.41) is 7.83. The number of pyridine rings is 1. The predicted molar refractivity (Wildman–Crippen MR) is 78.5 cm³/mol. The standard InChI is InChI=1S/C14H19ClN4O/c1-9(2)6-11(16-3)7-13-18-14(19-20-13)12-5-4-10(15)8-17-12/h4-5,8-9,11,16H,6-7H2,1-3H3. The quantitative estimate of drug-likeness (QED) is 0.887. The van der Waals surface area contributed by atoms with Gasteiger partial charge in [0.2, 0.25) is 11.7 Å². The van der Waals surface area contributed by atoms with Gasteiger partial charge >= 0.3 is 0 Å². The van der Waals surface area contributed by atoms with Crippen LogP contribution in [0.25, 0.3) is 11.5 Å². The Morgan fingerprint density at radius 3 is 2.75 bits per heavy atom. The highest BCUT2D eigenvalue weighted by atomic mass is 35.5. The molecule has 5 nitrogen and oxygen atoms in total. The van der Waals surface area contributed by atoms with Crippen molar-refractivity contribution < 1.29 is 4.52 Å². The Kier molecular flexibility index (Phi) is 5.09. The molecule has 0 saturated heterocycles. The Labute approximate surface area is 123 Å². The first-order valence-corrected chi connectivity index (χ1v) is 7.08. The molecule has 1 unspecified atom stereocenters. The maximum absolute atomic E-state index is 5.81. The van der Waals surface area contributed by atoms with Crippen molar-refractivity contribution in [1.29, 1.82) is 0 Å². The van der Waals surface area contributed by atoms with E-state index in [4.69, 9.17) is 16.1 Å². The summed E-state index contributed by atoms with van der Waals surface area (Å²) in [4.78, 5) is 8.56. The average Bonchev–Trinajstić information content (AvgIpc) is 2.87. The van der Waals surface area contributed by atoms with Gasteiger partial charge in [-0.1, -0.05) is 30.6 Å². The third kappa shape index (κ3) is 4.02. The number of rotatable bonds is 6. The fraction of sp³-hybridized carbons (Fsp3) is 0.500. The maximum Gasteiger partial charge on any atom is 0.228 e. The first kappa shape index (κ1) is 14.9. The maximum atomic E-state index is 5.81. The number of halogens is 1. The van der Waals surface area contributed by atoms with Crippen LogP contribution < -0.4 is 5.32 Å². The molecule has 6 heteroatoms. The summed E-state index contributed by atoms with van der Waals surface area (Å²) in [6.07, 6.45) is 3.35. The van der Waals surface area contributed by atoms with Crippen LogP contribution in [0.4, 0.5) is 0 Å². The molecule has 0 aromatic carbocycles. The van der Waals surface area contributed by atoms with Crippen LogP contribution in [0.3, 0.4) is 0 Å². The summed E-state index contributed by atoms with van der Waals surface area (Å²) in [6, 6.07) is 3.87. The number of aromatic nitrogens is 3. The summed E-state index contributed by atoms with van der Waals surface area (Å²) in [7, 11) is 1.95. The second-order valence-electron chi connectivity index (χ2n) is 5.19. The van der Waals surface area contributed by atoms with Crippen molar-refractivity contribution in [3.05, 3.63) is 29.2 Å². The zero-order valence-electron chi connectivity index (χ0n) is 11.9. The molecule has 0 bridgehead atoms. The Bertz CT molecular complexity index is 538. The van der Waals surface area contributed by atoms with Crippen LogP contribution in [0.1, 0.15) is 26.2 Å². The number of nitrogens with zero attached hydrogens (tertiary/aromatic N) is 3. The second kappa shape index (κ2) is 6.81. The van der Waals surface area contributed by atoms with Crippen molar-refractivity contribution in [3.63, 3.8) is 0 Å². The van der Waals surface area contributed by atoms with E-state index in [1.165, 1.54) is 0 Å². The first-order valence-electron chi connectivity index (χ1n) is 6.70. The lowest BCUT2D eigenvalue weighted by Crippen LogP contribution is -2.29. The van der Waals surface area contributed by atoms with E-state index >= 15 is 0 Å². The van der Waals surface area contributed by atoms with Crippen LogP contribution in [0.5, 0.6) is 0 Å². The van der Waals surface area contributed by atoms with Crippen molar-refractivity contribution in [2.45, 2.75) is 32.7 Å². The fourth-order valence-electron chi connectivity index (χ4n) is 2.03. The highest BCUT2D eigenvalue weighted by Gasteiger charge is 2.15. The lowest BCUT2D eigenvalue weighted by atomic mass is 10.0. The monoisotopic (exact) mass is 294 g/mol. The minimum atomic E-state index is 0.335. The van der Waals surface area contributed by atoms with Crippen LogP contribution in [0, 0.1) is 5.92 Å². The van der Waals surface area contributed by atoms with E-state index in [0.29, 0.717) is 34.4 Å². The molecule has 1 atom stereocenters. The van der Waals surface area contributed by atoms with Gasteiger partial charge in [-0.15, -0.1) is 0 Å². The van der Waals surface area contributed by atoms with Crippen molar-refractivity contribution in [3.8, 4) is 11.5 Å². The van der Waals surface area contributed by atoms with Gasteiger partial charge in [0.05, 0.1) is 5.02 Å². The molecule has 0 radical (unpaired) electrons. The molecule has 2 heterocycles. The number of hydrogen-bond donors (Lipinski definition) is 1. The molecule has 0 spiro atoms. The van der Waals surface area contributed by atoms with Gasteiger partial charge in [-0.2, -0.15) is 4.98 Å². The first-order chi connectivity index (χ1) is 9.58. The Morgan fingerprint density at radius 2 is 2.15 bits per heavy atom. The van der Waals surface area contributed by atoms with E-state index in [9.17, 15) is 0 Å². The normalized spacial score (nSPS) is 12.8. The Morgan fingerprint density at radius 1 is 1.35 bits per heavy atom. The van der Waals surface area contributed by atoms with Gasteiger partial charge in [0.25, 0.3) is 0 Å². The largest absolute Gasteiger partial charge is 0.339 e. The molecule has 2 aromatic rings. The van der Waals surface area contributed by atoms with Crippen LogP contribution >= 0.6 is 11.6 Å². The molecule has 0 saturated carbocycles. The Hall–Kier alpha value is -1.46. The molecule has 0 aliphatic rings. The summed E-state index contributed by atoms with van der Waals surface area (Å²) in [6.45, 7) is 4.39. The van der Waals surface area contributed by atoms with Crippen LogP contribution in [-0.2, 0) is 6.42 Å². The third-order valence-electron chi connectivity index (χ3n) is 3.01. The minimum Gasteiger partial charge on any atom is -0.339 e. The number of nitrogens with one attached hydrogen (secondary N) is 1. The summed E-state index contributed by atoms with van der Waals surface area (Å²) < 4.78 is 5.29. The van der Waals surface area contributed by atoms with E-state index < -0.39 is 0 Å². The van der Waals surface area contributed by atoms with Crippen LogP contribution in [0.15, 0.2) is 22.9 Å². The molecule has 108 valence electrons. The lowest BCUT2D eigenvalue weighted by molar-refractivity contribution is 0.345. The minimum absolute atomic E-state index is 0.335. The van der Waals surface area contributed by atoms with Gasteiger partial charge in [0, 0.05) is 18.7 Å². The molecule has 0 amide bonds. The molecule has 20 heavy (non-hydrogen) atoms. The van der Waals surface area contributed by atoms with E-state index in [1.807, 2.05) is 7.05 Å². The van der Waals surface area contributed by atoms with Crippen molar-refractivity contribution >= 4 is 11.6 Å². The van der Waals surface area contributed by atoms with Crippen molar-refractivity contribution in [1.82, 2.24) is 20.4 Å². The summed E-state index contributed by atoms with van der Waals surface area (Å²) in [5.74, 6) is 1.74. The number of hydrogen-bond acceptors (Lipinski definition) is 5. The smallest absolute Gasteiger partial charge is 0.228 e. The van der Waals surface area contributed by atoms with E-state index in [2.05, 4.69) is 34.3 Å². The highest BCUT2D eigenvalue weighted by Crippen LogP contribution is 2.17. The molecule has 1 N–H and O–H groups in total. The molecule has 0 aliphatic carbocycles. The van der Waals surface area contributed by atoms with Crippen molar-refractivity contribution in [2.24, 2.45) is 5.92 Å². The highest BCUT2D eigenvalue weighted by molar-refractivity contribution is 6.30. The second-order valence-corrected chi connectivity index (χ2v) is 5.63.